The highest BCUT2D eigenvalue weighted by molar-refractivity contribution is 5.83. The second-order valence-electron chi connectivity index (χ2n) is 2.14. The van der Waals surface area contributed by atoms with E-state index in [9.17, 15) is 0 Å². The zero-order valence-electron chi connectivity index (χ0n) is 5.89. The van der Waals surface area contributed by atoms with Gasteiger partial charge < -0.3 is 0 Å². The smallest absolute Gasteiger partial charge is 0.106 e. The lowest BCUT2D eigenvalue weighted by Crippen LogP contribution is -1.92. The monoisotopic (exact) mass is 124 g/mol. The fraction of sp³-hybridized carbons (Fsp3) is 0.429. The van der Waals surface area contributed by atoms with Gasteiger partial charge in [-0.15, -0.1) is 0 Å². The van der Waals surface area contributed by atoms with Crippen LogP contribution in [0, 0.1) is 11.3 Å². The molecule has 0 aliphatic heterocycles. The lowest BCUT2D eigenvalue weighted by atomic mass is 10.1. The summed E-state index contributed by atoms with van der Waals surface area (Å²) in [6, 6.07) is 0. The molecule has 1 N–H and O–H groups in total. The number of nitrogens with one attached hydrogen (secondary N) is 1. The first kappa shape index (κ1) is 8.08. The third kappa shape index (κ3) is 3.64. The van der Waals surface area contributed by atoms with Crippen molar-refractivity contribution in [3.63, 3.8) is 0 Å². The van der Waals surface area contributed by atoms with Crippen molar-refractivity contribution in [3.8, 4) is 0 Å². The minimum absolute atomic E-state index is 0.425. The van der Waals surface area contributed by atoms with Gasteiger partial charge >= 0.3 is 0 Å². The van der Waals surface area contributed by atoms with Gasteiger partial charge in [0.25, 0.3) is 0 Å². The zero-order valence-corrected chi connectivity index (χ0v) is 5.89. The molecule has 0 saturated carbocycles. The second-order valence-corrected chi connectivity index (χ2v) is 2.14. The molecule has 0 aliphatic rings. The van der Waals surface area contributed by atoms with Crippen LogP contribution in [-0.4, -0.2) is 12.6 Å². The normalized spacial score (nSPS) is 10.6. The summed E-state index contributed by atoms with van der Waals surface area (Å²) >= 11 is 0. The van der Waals surface area contributed by atoms with E-state index in [0.717, 1.165) is 11.9 Å². The molecule has 50 valence electrons. The molecular formula is C7H12N2. The van der Waals surface area contributed by atoms with Crippen molar-refractivity contribution >= 4 is 12.6 Å². The predicted octanol–water partition coefficient (Wildman–Crippen LogP) is 1.88. The van der Waals surface area contributed by atoms with E-state index < -0.39 is 0 Å². The maximum Gasteiger partial charge on any atom is 0.106 e. The third-order valence-corrected chi connectivity index (χ3v) is 1.06. The Kier molecular flexibility index (Phi) is 3.60. The van der Waals surface area contributed by atoms with Crippen LogP contribution in [0.25, 0.3) is 0 Å². The molecule has 0 aromatic carbocycles. The first-order valence-electron chi connectivity index (χ1n) is 2.89. The van der Waals surface area contributed by atoms with Crippen LogP contribution in [0.2, 0.25) is 0 Å². The van der Waals surface area contributed by atoms with Crippen LogP contribution in [0.4, 0.5) is 0 Å². The van der Waals surface area contributed by atoms with Gasteiger partial charge in [-0.05, 0) is 11.5 Å². The Morgan fingerprint density at radius 3 is 2.56 bits per heavy atom. The number of rotatable bonds is 3. The molecule has 9 heavy (non-hydrogen) atoms. The van der Waals surface area contributed by atoms with Crippen LogP contribution in [0.3, 0.4) is 0 Å². The maximum atomic E-state index is 6.57. The summed E-state index contributed by atoms with van der Waals surface area (Å²) in [5.41, 5.74) is 0.957. The van der Waals surface area contributed by atoms with E-state index >= 15 is 0 Å². The average molecular weight is 124 g/mol. The Labute approximate surface area is 55.8 Å². The molecule has 0 atom stereocenters. The van der Waals surface area contributed by atoms with Gasteiger partial charge in [0.05, 0.1) is 0 Å². The van der Waals surface area contributed by atoms with Crippen LogP contribution in [0.15, 0.2) is 17.1 Å². The summed E-state index contributed by atoms with van der Waals surface area (Å²) in [5.74, 6) is 0.425. The highest BCUT2D eigenvalue weighted by atomic mass is 14.7. The molecule has 0 unspecified atom stereocenters. The first-order chi connectivity index (χ1) is 4.18. The average Bonchev–Trinajstić information content (AvgIpc) is 1.82. The van der Waals surface area contributed by atoms with E-state index in [-0.39, 0.29) is 0 Å². The molecule has 0 spiro atoms. The van der Waals surface area contributed by atoms with E-state index in [1.54, 1.807) is 6.21 Å². The van der Waals surface area contributed by atoms with Gasteiger partial charge in [-0.2, -0.15) is 0 Å². The Morgan fingerprint density at radius 1 is 1.67 bits per heavy atom. The van der Waals surface area contributed by atoms with Crippen molar-refractivity contribution < 1.29 is 0 Å². The van der Waals surface area contributed by atoms with Crippen molar-refractivity contribution in [3.05, 3.63) is 12.2 Å². The molecule has 0 bridgehead atoms. The predicted molar refractivity (Wildman–Crippen MR) is 41.3 cm³/mol. The van der Waals surface area contributed by atoms with Crippen LogP contribution in [0.1, 0.15) is 13.8 Å². The summed E-state index contributed by atoms with van der Waals surface area (Å²) in [5, 5.41) is 6.57. The molecule has 2 heteroatoms. The molecule has 0 amide bonds. The van der Waals surface area contributed by atoms with Crippen LogP contribution >= 0.6 is 0 Å². The zero-order chi connectivity index (χ0) is 7.28. The standard InChI is InChI=1S/C7H12N2/c1-6(2)7(3)4-9-5-8/h4-6,8H,3H2,1-2H3. The van der Waals surface area contributed by atoms with Crippen molar-refractivity contribution in [2.75, 3.05) is 0 Å². The summed E-state index contributed by atoms with van der Waals surface area (Å²) in [6.45, 7) is 7.82. The number of nitrogens with zero attached hydrogens (tertiary/aromatic N) is 1. The number of aliphatic imine (C=N–C) groups is 1. The maximum absolute atomic E-state index is 6.57. The fourth-order valence-corrected chi connectivity index (χ4v) is 0.282. The Bertz CT molecular complexity index is 134. The number of hydrogen-bond donors (Lipinski definition) is 1. The molecule has 0 aliphatic carbocycles. The molecule has 0 aromatic rings. The lowest BCUT2D eigenvalue weighted by Gasteiger charge is -1.99. The van der Waals surface area contributed by atoms with Crippen molar-refractivity contribution in [1.82, 2.24) is 0 Å². The summed E-state index contributed by atoms with van der Waals surface area (Å²) < 4.78 is 0. The van der Waals surface area contributed by atoms with Gasteiger partial charge in [-0.25, -0.2) is 4.99 Å². The minimum Gasteiger partial charge on any atom is -0.290 e. The molecule has 0 radical (unpaired) electrons. The molecule has 2 nitrogen and oxygen atoms in total. The van der Waals surface area contributed by atoms with E-state index in [4.69, 9.17) is 5.41 Å². The van der Waals surface area contributed by atoms with Gasteiger partial charge in [0.2, 0.25) is 0 Å². The first-order valence-corrected chi connectivity index (χ1v) is 2.89. The van der Waals surface area contributed by atoms with Crippen molar-refractivity contribution in [2.24, 2.45) is 10.9 Å². The largest absolute Gasteiger partial charge is 0.290 e. The fourth-order valence-electron chi connectivity index (χ4n) is 0.282. The molecule has 0 fully saturated rings. The molecule has 0 rings (SSSR count). The Morgan fingerprint density at radius 2 is 2.22 bits per heavy atom. The molecule has 0 aromatic heterocycles. The van der Waals surface area contributed by atoms with Crippen LogP contribution in [-0.2, 0) is 0 Å². The third-order valence-electron chi connectivity index (χ3n) is 1.06. The van der Waals surface area contributed by atoms with Gasteiger partial charge in [-0.1, -0.05) is 20.4 Å². The summed E-state index contributed by atoms with van der Waals surface area (Å²) in [4.78, 5) is 3.61. The highest BCUT2D eigenvalue weighted by Crippen LogP contribution is 2.01. The van der Waals surface area contributed by atoms with Crippen molar-refractivity contribution in [1.29, 1.82) is 5.41 Å². The van der Waals surface area contributed by atoms with Gasteiger partial charge in [0.15, 0.2) is 0 Å². The summed E-state index contributed by atoms with van der Waals surface area (Å²) in [7, 11) is 0. The summed E-state index contributed by atoms with van der Waals surface area (Å²) in [6.07, 6.45) is 2.62. The Balaban J connectivity index is 3.76. The van der Waals surface area contributed by atoms with E-state index in [2.05, 4.69) is 11.6 Å². The number of hydrogen-bond acceptors (Lipinski definition) is 1. The van der Waals surface area contributed by atoms with Gasteiger partial charge in [0, 0.05) is 6.21 Å². The molecular weight excluding hydrogens is 112 g/mol. The number of allylic oxidation sites excluding steroid dienone is 1. The van der Waals surface area contributed by atoms with E-state index in [1.165, 1.54) is 0 Å². The second kappa shape index (κ2) is 4.01. The van der Waals surface area contributed by atoms with Crippen molar-refractivity contribution in [2.45, 2.75) is 13.8 Å². The molecule has 0 heterocycles. The highest BCUT2D eigenvalue weighted by Gasteiger charge is 1.93. The quantitative estimate of drug-likeness (QED) is 0.440. The SMILES string of the molecule is C=C(C=NC=N)C(C)C. The molecule has 0 saturated heterocycles. The van der Waals surface area contributed by atoms with E-state index in [0.29, 0.717) is 5.92 Å². The Hall–Kier alpha value is -0.920. The minimum atomic E-state index is 0.425. The van der Waals surface area contributed by atoms with E-state index in [1.807, 2.05) is 13.8 Å². The van der Waals surface area contributed by atoms with Crippen LogP contribution in [0.5, 0.6) is 0 Å². The topological polar surface area (TPSA) is 36.2 Å². The van der Waals surface area contributed by atoms with Crippen LogP contribution < -0.4 is 0 Å². The van der Waals surface area contributed by atoms with Gasteiger partial charge in [-0.3, -0.25) is 5.41 Å². The van der Waals surface area contributed by atoms with Gasteiger partial charge in [0.1, 0.15) is 6.34 Å². The lowest BCUT2D eigenvalue weighted by molar-refractivity contribution is 0.810.